The zero-order valence-electron chi connectivity index (χ0n) is 19.0. The lowest BCUT2D eigenvalue weighted by Crippen LogP contribution is -2.57. The molecule has 5 atom stereocenters. The van der Waals surface area contributed by atoms with Crippen molar-refractivity contribution in [1.29, 1.82) is 0 Å². The first-order valence-corrected chi connectivity index (χ1v) is 10.6. The Bertz CT molecular complexity index is 829. The van der Waals surface area contributed by atoms with Gasteiger partial charge in [-0.3, -0.25) is 19.2 Å². The highest BCUT2D eigenvalue weighted by Gasteiger charge is 2.29. The van der Waals surface area contributed by atoms with E-state index in [4.69, 9.17) is 11.5 Å². The number of hydrogen-bond acceptors (Lipinski definition) is 7. The second-order valence-electron chi connectivity index (χ2n) is 7.89. The Hall–Kier alpha value is -3.48. The third-order valence-corrected chi connectivity index (χ3v) is 5.22. The Labute approximate surface area is 191 Å². The third kappa shape index (κ3) is 9.27. The summed E-state index contributed by atoms with van der Waals surface area (Å²) < 4.78 is 0. The van der Waals surface area contributed by atoms with Gasteiger partial charge in [-0.2, -0.15) is 0 Å². The van der Waals surface area contributed by atoms with E-state index in [2.05, 4.69) is 25.9 Å². The van der Waals surface area contributed by atoms with Crippen molar-refractivity contribution in [3.8, 4) is 0 Å². The predicted octanol–water partition coefficient (Wildman–Crippen LogP) is -1.85. The number of rotatable bonds is 14. The number of carboxylic acids is 1. The number of imidazole rings is 1. The van der Waals surface area contributed by atoms with E-state index in [1.54, 1.807) is 6.92 Å². The summed E-state index contributed by atoms with van der Waals surface area (Å²) in [5.74, 6) is -4.13. The standard InChI is InChI=1S/C20H33N7O6/c1-4-10(2)16(22)19(31)25-11(3)17(29)26-13(5-6-15(21)28)18(30)27-14(20(32)33)7-12-8-23-9-24-12/h8-11,13-14,16H,4-7,22H2,1-3H3,(H2,21,28)(H,23,24)(H,25,31)(H,26,29)(H,27,30)(H,32,33). The predicted molar refractivity (Wildman–Crippen MR) is 117 cm³/mol. The largest absolute Gasteiger partial charge is 0.480 e. The monoisotopic (exact) mass is 467 g/mol. The number of aromatic nitrogens is 2. The van der Waals surface area contributed by atoms with Crippen LogP contribution in [0.2, 0.25) is 0 Å². The smallest absolute Gasteiger partial charge is 0.326 e. The molecule has 5 unspecified atom stereocenters. The Morgan fingerprint density at radius 2 is 1.70 bits per heavy atom. The average molecular weight is 468 g/mol. The summed E-state index contributed by atoms with van der Waals surface area (Å²) in [6.07, 6.45) is 3.01. The van der Waals surface area contributed by atoms with E-state index >= 15 is 0 Å². The van der Waals surface area contributed by atoms with E-state index in [0.29, 0.717) is 12.1 Å². The number of aromatic amines is 1. The summed E-state index contributed by atoms with van der Waals surface area (Å²) in [5, 5.41) is 16.7. The summed E-state index contributed by atoms with van der Waals surface area (Å²) in [6.45, 7) is 5.10. The fourth-order valence-electron chi connectivity index (χ4n) is 2.83. The number of carbonyl (C=O) groups excluding carboxylic acids is 4. The number of nitrogens with two attached hydrogens (primary N) is 2. The van der Waals surface area contributed by atoms with Crippen molar-refractivity contribution in [1.82, 2.24) is 25.9 Å². The number of primary amides is 1. The van der Waals surface area contributed by atoms with Crippen LogP contribution in [0, 0.1) is 5.92 Å². The number of amides is 4. The minimum absolute atomic E-state index is 0.0719. The lowest BCUT2D eigenvalue weighted by atomic mass is 9.99. The minimum atomic E-state index is -1.31. The molecule has 13 heteroatoms. The molecule has 1 aromatic heterocycles. The van der Waals surface area contributed by atoms with Crippen molar-refractivity contribution in [2.75, 3.05) is 0 Å². The SMILES string of the molecule is CCC(C)C(N)C(=O)NC(C)C(=O)NC(CCC(N)=O)C(=O)NC(Cc1cnc[nH]1)C(=O)O. The van der Waals surface area contributed by atoms with Gasteiger partial charge in [-0.1, -0.05) is 20.3 Å². The van der Waals surface area contributed by atoms with E-state index in [9.17, 15) is 29.1 Å². The van der Waals surface area contributed by atoms with E-state index in [-0.39, 0.29) is 25.2 Å². The van der Waals surface area contributed by atoms with Gasteiger partial charge in [-0.05, 0) is 19.3 Å². The Morgan fingerprint density at radius 1 is 1.06 bits per heavy atom. The molecule has 0 aromatic carbocycles. The van der Waals surface area contributed by atoms with Crippen LogP contribution in [0.3, 0.4) is 0 Å². The van der Waals surface area contributed by atoms with Crippen LogP contribution < -0.4 is 27.4 Å². The average Bonchev–Trinajstić information content (AvgIpc) is 3.27. The van der Waals surface area contributed by atoms with Crippen molar-refractivity contribution >= 4 is 29.6 Å². The van der Waals surface area contributed by atoms with Crippen molar-refractivity contribution in [3.05, 3.63) is 18.2 Å². The number of nitrogens with zero attached hydrogens (tertiary/aromatic N) is 1. The second kappa shape index (κ2) is 13.2. The molecular formula is C20H33N7O6. The van der Waals surface area contributed by atoms with Gasteiger partial charge in [0, 0.05) is 24.7 Å². The molecule has 33 heavy (non-hydrogen) atoms. The van der Waals surface area contributed by atoms with Crippen LogP contribution in [0.25, 0.3) is 0 Å². The molecule has 0 radical (unpaired) electrons. The van der Waals surface area contributed by atoms with Crippen LogP contribution in [0.15, 0.2) is 12.5 Å². The first-order chi connectivity index (χ1) is 15.5. The molecule has 9 N–H and O–H groups in total. The van der Waals surface area contributed by atoms with Crippen LogP contribution in [-0.2, 0) is 30.4 Å². The summed E-state index contributed by atoms with van der Waals surface area (Å²) >= 11 is 0. The van der Waals surface area contributed by atoms with Gasteiger partial charge in [0.2, 0.25) is 23.6 Å². The second-order valence-corrected chi connectivity index (χ2v) is 7.89. The van der Waals surface area contributed by atoms with Crippen LogP contribution in [-0.4, -0.2) is 68.8 Å². The van der Waals surface area contributed by atoms with Gasteiger partial charge >= 0.3 is 5.97 Å². The van der Waals surface area contributed by atoms with Gasteiger partial charge < -0.3 is 37.5 Å². The number of nitrogens with one attached hydrogen (secondary N) is 4. The van der Waals surface area contributed by atoms with Crippen LogP contribution in [0.4, 0.5) is 0 Å². The quantitative estimate of drug-likeness (QED) is 0.164. The molecule has 0 aliphatic rings. The molecule has 1 rings (SSSR count). The maximum absolute atomic E-state index is 12.7. The molecule has 0 aliphatic heterocycles. The maximum atomic E-state index is 12.7. The minimum Gasteiger partial charge on any atom is -0.480 e. The summed E-state index contributed by atoms with van der Waals surface area (Å²) in [7, 11) is 0. The Balaban J connectivity index is 2.84. The number of carboxylic acid groups (broad SMARTS) is 1. The Kier molecular flexibility index (Phi) is 11.0. The molecule has 1 aromatic rings. The van der Waals surface area contributed by atoms with Crippen molar-refractivity contribution < 1.29 is 29.1 Å². The lowest BCUT2D eigenvalue weighted by molar-refractivity contribution is -0.142. The molecule has 0 fully saturated rings. The molecule has 13 nitrogen and oxygen atoms in total. The van der Waals surface area contributed by atoms with E-state index < -0.39 is 53.8 Å². The summed E-state index contributed by atoms with van der Waals surface area (Å²) in [5.41, 5.74) is 11.5. The molecule has 0 spiro atoms. The molecule has 1 heterocycles. The Morgan fingerprint density at radius 3 is 2.21 bits per heavy atom. The van der Waals surface area contributed by atoms with Crippen LogP contribution in [0.1, 0.15) is 45.7 Å². The first-order valence-electron chi connectivity index (χ1n) is 10.6. The third-order valence-electron chi connectivity index (χ3n) is 5.22. The normalized spacial score (nSPS) is 15.4. The molecule has 0 saturated carbocycles. The van der Waals surface area contributed by atoms with Crippen LogP contribution >= 0.6 is 0 Å². The zero-order chi connectivity index (χ0) is 25.1. The molecule has 0 saturated heterocycles. The highest BCUT2D eigenvalue weighted by Crippen LogP contribution is 2.06. The summed E-state index contributed by atoms with van der Waals surface area (Å²) in [6, 6.07) is -4.40. The number of aliphatic carboxylic acids is 1. The van der Waals surface area contributed by atoms with Gasteiger partial charge in [0.1, 0.15) is 18.1 Å². The van der Waals surface area contributed by atoms with Gasteiger partial charge in [-0.25, -0.2) is 9.78 Å². The maximum Gasteiger partial charge on any atom is 0.326 e. The number of H-pyrrole nitrogens is 1. The van der Waals surface area contributed by atoms with Crippen molar-refractivity contribution in [3.63, 3.8) is 0 Å². The topological polar surface area (TPSA) is 222 Å². The summed E-state index contributed by atoms with van der Waals surface area (Å²) in [4.78, 5) is 66.9. The number of hydrogen-bond donors (Lipinski definition) is 7. The molecule has 184 valence electrons. The molecule has 0 aliphatic carbocycles. The van der Waals surface area contributed by atoms with Crippen molar-refractivity contribution in [2.45, 2.75) is 70.6 Å². The van der Waals surface area contributed by atoms with Crippen molar-refractivity contribution in [2.24, 2.45) is 17.4 Å². The van der Waals surface area contributed by atoms with Gasteiger partial charge in [0.15, 0.2) is 0 Å². The van der Waals surface area contributed by atoms with E-state index in [1.807, 2.05) is 6.92 Å². The van der Waals surface area contributed by atoms with E-state index in [0.717, 1.165) is 0 Å². The highest BCUT2D eigenvalue weighted by atomic mass is 16.4. The fourth-order valence-corrected chi connectivity index (χ4v) is 2.83. The van der Waals surface area contributed by atoms with Crippen LogP contribution in [0.5, 0.6) is 0 Å². The van der Waals surface area contributed by atoms with Gasteiger partial charge in [0.05, 0.1) is 12.4 Å². The van der Waals surface area contributed by atoms with E-state index in [1.165, 1.54) is 19.4 Å². The number of carbonyl (C=O) groups is 5. The highest BCUT2D eigenvalue weighted by molar-refractivity contribution is 5.94. The zero-order valence-corrected chi connectivity index (χ0v) is 19.0. The molecular weight excluding hydrogens is 434 g/mol. The van der Waals surface area contributed by atoms with Gasteiger partial charge in [0.25, 0.3) is 0 Å². The lowest BCUT2D eigenvalue weighted by Gasteiger charge is -2.24. The molecule has 4 amide bonds. The van der Waals surface area contributed by atoms with Gasteiger partial charge in [-0.15, -0.1) is 0 Å². The molecule has 0 bridgehead atoms. The first kappa shape index (κ1) is 27.6. The fraction of sp³-hybridized carbons (Fsp3) is 0.600.